The largest absolute Gasteiger partial charge is 0.455 e. The lowest BCUT2D eigenvalue weighted by atomic mass is 9.98. The number of hydrogen-bond donors (Lipinski definition) is 1. The number of piperidine rings is 1. The Morgan fingerprint density at radius 3 is 2.53 bits per heavy atom. The molecule has 2 heterocycles. The Labute approximate surface area is 178 Å². The Balaban J connectivity index is 1.44. The van der Waals surface area contributed by atoms with E-state index in [-0.39, 0.29) is 36.6 Å². The fourth-order valence-electron chi connectivity index (χ4n) is 3.69. The topological polar surface area (TPSA) is 102 Å². The quantitative estimate of drug-likeness (QED) is 0.648. The van der Waals surface area contributed by atoms with Crippen molar-refractivity contribution in [1.29, 1.82) is 0 Å². The first-order valence-corrected chi connectivity index (χ1v) is 11.8. The van der Waals surface area contributed by atoms with Gasteiger partial charge in [0.15, 0.2) is 6.61 Å². The first kappa shape index (κ1) is 22.7. The van der Waals surface area contributed by atoms with Gasteiger partial charge in [0.2, 0.25) is 10.0 Å². The molecule has 2 aliphatic rings. The molecule has 3 rings (SSSR count). The zero-order valence-corrected chi connectivity index (χ0v) is 18.4. The van der Waals surface area contributed by atoms with E-state index in [0.29, 0.717) is 26.0 Å². The fourth-order valence-corrected chi connectivity index (χ4v) is 5.25. The second-order valence-electron chi connectivity index (χ2n) is 7.97. The Bertz CT molecular complexity index is 871. The van der Waals surface area contributed by atoms with Gasteiger partial charge in [0.05, 0.1) is 16.9 Å². The number of ether oxygens (including phenoxy) is 2. The van der Waals surface area contributed by atoms with Crippen LogP contribution in [0.4, 0.5) is 0 Å². The lowest BCUT2D eigenvalue weighted by molar-refractivity contribution is -0.153. The highest BCUT2D eigenvalue weighted by molar-refractivity contribution is 7.89. The number of rotatable bonds is 7. The SMILES string of the molecule is Cc1ccc(S(=O)(=O)N2CCC(C(=O)OCC(=O)NCC3CCCO3)CC2)cc1C. The van der Waals surface area contributed by atoms with Gasteiger partial charge in [0, 0.05) is 26.2 Å². The predicted octanol–water partition coefficient (Wildman–Crippen LogP) is 1.54. The monoisotopic (exact) mass is 438 g/mol. The molecule has 1 aromatic rings. The highest BCUT2D eigenvalue weighted by Gasteiger charge is 2.33. The van der Waals surface area contributed by atoms with Crippen LogP contribution in [0.2, 0.25) is 0 Å². The van der Waals surface area contributed by atoms with Crippen LogP contribution in [0.25, 0.3) is 0 Å². The van der Waals surface area contributed by atoms with E-state index in [9.17, 15) is 18.0 Å². The molecule has 1 N–H and O–H groups in total. The molecule has 1 atom stereocenters. The summed E-state index contributed by atoms with van der Waals surface area (Å²) in [6.07, 6.45) is 2.70. The summed E-state index contributed by atoms with van der Waals surface area (Å²) in [6.45, 7) is 5.13. The third-order valence-electron chi connectivity index (χ3n) is 5.80. The second kappa shape index (κ2) is 9.89. The van der Waals surface area contributed by atoms with Crippen molar-refractivity contribution < 1.29 is 27.5 Å². The van der Waals surface area contributed by atoms with Crippen molar-refractivity contribution in [3.8, 4) is 0 Å². The molecule has 0 spiro atoms. The number of nitrogens with one attached hydrogen (secondary N) is 1. The van der Waals surface area contributed by atoms with E-state index in [1.165, 1.54) is 4.31 Å². The molecule has 0 saturated carbocycles. The van der Waals surface area contributed by atoms with Gasteiger partial charge < -0.3 is 14.8 Å². The fraction of sp³-hybridized carbons (Fsp3) is 0.619. The number of amides is 1. The average Bonchev–Trinajstić information content (AvgIpc) is 3.26. The first-order valence-electron chi connectivity index (χ1n) is 10.4. The van der Waals surface area contributed by atoms with Gasteiger partial charge in [0.1, 0.15) is 0 Å². The third-order valence-corrected chi connectivity index (χ3v) is 7.69. The van der Waals surface area contributed by atoms with Crippen molar-refractivity contribution in [2.75, 3.05) is 32.8 Å². The van der Waals surface area contributed by atoms with Crippen LogP contribution in [0.5, 0.6) is 0 Å². The lowest BCUT2D eigenvalue weighted by Gasteiger charge is -2.30. The second-order valence-corrected chi connectivity index (χ2v) is 9.91. The summed E-state index contributed by atoms with van der Waals surface area (Å²) in [5, 5.41) is 2.71. The first-order chi connectivity index (χ1) is 14.3. The van der Waals surface area contributed by atoms with Crippen LogP contribution in [0, 0.1) is 19.8 Å². The van der Waals surface area contributed by atoms with E-state index in [4.69, 9.17) is 9.47 Å². The summed E-state index contributed by atoms with van der Waals surface area (Å²) < 4.78 is 37.7. The van der Waals surface area contributed by atoms with Crippen LogP contribution in [0.3, 0.4) is 0 Å². The maximum Gasteiger partial charge on any atom is 0.309 e. The summed E-state index contributed by atoms with van der Waals surface area (Å²) in [4.78, 5) is 24.4. The molecule has 0 aromatic heterocycles. The minimum atomic E-state index is -3.59. The van der Waals surface area contributed by atoms with Crippen LogP contribution in [0.1, 0.15) is 36.8 Å². The minimum Gasteiger partial charge on any atom is -0.455 e. The molecule has 2 saturated heterocycles. The Kier molecular flexibility index (Phi) is 7.49. The molecule has 0 bridgehead atoms. The molecule has 30 heavy (non-hydrogen) atoms. The normalized spacial score (nSPS) is 20.8. The van der Waals surface area contributed by atoms with Gasteiger partial charge >= 0.3 is 5.97 Å². The van der Waals surface area contributed by atoms with Crippen LogP contribution in [-0.4, -0.2) is 63.6 Å². The van der Waals surface area contributed by atoms with E-state index >= 15 is 0 Å². The molecule has 2 aliphatic heterocycles. The van der Waals surface area contributed by atoms with Gasteiger partial charge in [-0.1, -0.05) is 6.07 Å². The highest BCUT2D eigenvalue weighted by atomic mass is 32.2. The van der Waals surface area contributed by atoms with Crippen molar-refractivity contribution in [3.63, 3.8) is 0 Å². The van der Waals surface area contributed by atoms with E-state index in [0.717, 1.165) is 24.0 Å². The standard InChI is InChI=1S/C21H30N2O6S/c1-15-5-6-19(12-16(15)2)30(26,27)23-9-7-17(8-10-23)21(25)29-14-20(24)22-13-18-4-3-11-28-18/h5-6,12,17-18H,3-4,7-11,13-14H2,1-2H3,(H,22,24). The summed E-state index contributed by atoms with van der Waals surface area (Å²) >= 11 is 0. The van der Waals surface area contributed by atoms with E-state index in [2.05, 4.69) is 5.32 Å². The van der Waals surface area contributed by atoms with Crippen molar-refractivity contribution >= 4 is 21.9 Å². The number of nitrogens with zero attached hydrogens (tertiary/aromatic N) is 1. The minimum absolute atomic E-state index is 0.0354. The zero-order chi connectivity index (χ0) is 21.7. The van der Waals surface area contributed by atoms with Gasteiger partial charge in [0.25, 0.3) is 5.91 Å². The smallest absolute Gasteiger partial charge is 0.309 e. The van der Waals surface area contributed by atoms with Crippen LogP contribution >= 0.6 is 0 Å². The van der Waals surface area contributed by atoms with E-state index in [1.807, 2.05) is 13.8 Å². The zero-order valence-electron chi connectivity index (χ0n) is 17.6. The van der Waals surface area contributed by atoms with Crippen LogP contribution < -0.4 is 5.32 Å². The number of carbonyl (C=O) groups excluding carboxylic acids is 2. The molecule has 0 aliphatic carbocycles. The maximum absolute atomic E-state index is 12.9. The van der Waals surface area contributed by atoms with Crippen LogP contribution in [0.15, 0.2) is 23.1 Å². The van der Waals surface area contributed by atoms with Crippen LogP contribution in [-0.2, 0) is 29.1 Å². The molecule has 166 valence electrons. The summed E-state index contributed by atoms with van der Waals surface area (Å²) in [5.41, 5.74) is 1.96. The third kappa shape index (κ3) is 5.59. The lowest BCUT2D eigenvalue weighted by Crippen LogP contribution is -2.41. The van der Waals surface area contributed by atoms with Crippen molar-refractivity contribution in [2.24, 2.45) is 5.92 Å². The molecule has 0 radical (unpaired) electrons. The van der Waals surface area contributed by atoms with Gasteiger partial charge in [-0.05, 0) is 62.8 Å². The number of aryl methyl sites for hydroxylation is 2. The van der Waals surface area contributed by atoms with E-state index in [1.54, 1.807) is 18.2 Å². The number of benzene rings is 1. The molecular weight excluding hydrogens is 408 g/mol. The molecule has 1 aromatic carbocycles. The molecular formula is C21H30N2O6S. The number of esters is 1. The number of sulfonamides is 1. The van der Waals surface area contributed by atoms with Crippen molar-refractivity contribution in [2.45, 2.75) is 50.5 Å². The average molecular weight is 439 g/mol. The summed E-state index contributed by atoms with van der Waals surface area (Å²) in [6, 6.07) is 5.10. The Morgan fingerprint density at radius 2 is 1.90 bits per heavy atom. The number of hydrogen-bond acceptors (Lipinski definition) is 6. The van der Waals surface area contributed by atoms with Crippen molar-refractivity contribution in [1.82, 2.24) is 9.62 Å². The van der Waals surface area contributed by atoms with Gasteiger partial charge in [-0.25, -0.2) is 8.42 Å². The molecule has 9 heteroatoms. The molecule has 8 nitrogen and oxygen atoms in total. The summed E-state index contributed by atoms with van der Waals surface area (Å²) in [7, 11) is -3.59. The highest BCUT2D eigenvalue weighted by Crippen LogP contribution is 2.25. The molecule has 2 fully saturated rings. The Morgan fingerprint density at radius 1 is 1.17 bits per heavy atom. The predicted molar refractivity (Wildman–Crippen MR) is 110 cm³/mol. The van der Waals surface area contributed by atoms with Crippen molar-refractivity contribution in [3.05, 3.63) is 29.3 Å². The summed E-state index contributed by atoms with van der Waals surface area (Å²) in [5.74, 6) is -1.21. The Hall–Kier alpha value is -1.97. The maximum atomic E-state index is 12.9. The molecule has 1 amide bonds. The van der Waals surface area contributed by atoms with Gasteiger partial charge in [-0.2, -0.15) is 4.31 Å². The number of carbonyl (C=O) groups is 2. The molecule has 1 unspecified atom stereocenters. The van der Waals surface area contributed by atoms with E-state index < -0.39 is 21.9 Å². The van der Waals surface area contributed by atoms with Gasteiger partial charge in [-0.15, -0.1) is 0 Å². The van der Waals surface area contributed by atoms with Gasteiger partial charge in [-0.3, -0.25) is 9.59 Å².